The highest BCUT2D eigenvalue weighted by Crippen LogP contribution is 2.51. The summed E-state index contributed by atoms with van der Waals surface area (Å²) >= 11 is 5.86. The molecular formula is C37H43NS. The summed E-state index contributed by atoms with van der Waals surface area (Å²) in [6.07, 6.45) is 15.9. The zero-order valence-corrected chi connectivity index (χ0v) is 25.2. The minimum Gasteiger partial charge on any atom is -0.197 e. The molecule has 0 heterocycles. The van der Waals surface area contributed by atoms with Gasteiger partial charge in [0.05, 0.1) is 11.5 Å². The second-order valence-electron chi connectivity index (χ2n) is 10.5. The average Bonchev–Trinajstić information content (AvgIpc) is 3.74. The van der Waals surface area contributed by atoms with E-state index in [0.29, 0.717) is 5.92 Å². The van der Waals surface area contributed by atoms with Gasteiger partial charge in [-0.2, -0.15) is 5.26 Å². The van der Waals surface area contributed by atoms with Crippen LogP contribution in [-0.2, 0) is 6.42 Å². The predicted molar refractivity (Wildman–Crippen MR) is 175 cm³/mol. The Balaban J connectivity index is 0.000000446. The van der Waals surface area contributed by atoms with Gasteiger partial charge in [0.25, 0.3) is 0 Å². The highest BCUT2D eigenvalue weighted by Gasteiger charge is 2.44. The quantitative estimate of drug-likeness (QED) is 0.0943. The van der Waals surface area contributed by atoms with Crippen LogP contribution in [0.2, 0.25) is 0 Å². The Morgan fingerprint density at radius 3 is 2.31 bits per heavy atom. The molecular weight excluding hydrogens is 490 g/mol. The summed E-state index contributed by atoms with van der Waals surface area (Å²) in [5, 5.41) is 9.45. The van der Waals surface area contributed by atoms with Crippen LogP contribution in [0.15, 0.2) is 110 Å². The number of nitrogens with zero attached hydrogens (tertiary/aromatic N) is 1. The van der Waals surface area contributed by atoms with E-state index in [1.165, 1.54) is 22.3 Å². The van der Waals surface area contributed by atoms with E-state index >= 15 is 0 Å². The molecule has 1 aliphatic carbocycles. The third kappa shape index (κ3) is 8.74. The SMILES string of the molecule is C=C/C=C(/C)C(=S)c1cc(C)cc(C(C)C)c1C(/C=C\C(=C)C1(C#N)CC1)=C/C.C=CCCc1ccccc1. The van der Waals surface area contributed by atoms with Crippen LogP contribution in [0.25, 0.3) is 5.57 Å². The van der Waals surface area contributed by atoms with Gasteiger partial charge in [-0.25, -0.2) is 0 Å². The van der Waals surface area contributed by atoms with E-state index in [1.807, 2.05) is 38.1 Å². The predicted octanol–water partition coefficient (Wildman–Crippen LogP) is 10.6. The maximum Gasteiger partial charge on any atom is 0.0818 e. The Bertz CT molecular complexity index is 1320. The van der Waals surface area contributed by atoms with E-state index in [9.17, 15) is 5.26 Å². The molecule has 1 nitrogen and oxygen atoms in total. The molecule has 39 heavy (non-hydrogen) atoms. The van der Waals surface area contributed by atoms with Crippen LogP contribution in [-0.4, -0.2) is 4.86 Å². The molecule has 0 N–H and O–H groups in total. The fourth-order valence-electron chi connectivity index (χ4n) is 4.45. The summed E-state index contributed by atoms with van der Waals surface area (Å²) in [5.74, 6) is 0.357. The van der Waals surface area contributed by atoms with Gasteiger partial charge >= 0.3 is 0 Å². The molecule has 0 radical (unpaired) electrons. The van der Waals surface area contributed by atoms with Crippen molar-refractivity contribution < 1.29 is 0 Å². The molecule has 2 heteroatoms. The van der Waals surface area contributed by atoms with Crippen LogP contribution >= 0.6 is 12.2 Å². The maximum absolute atomic E-state index is 9.45. The zero-order valence-electron chi connectivity index (χ0n) is 24.4. The van der Waals surface area contributed by atoms with Crippen molar-refractivity contribution >= 4 is 22.7 Å². The number of thiocarbonyl (C=S) groups is 1. The number of allylic oxidation sites excluding steroid dienone is 9. The van der Waals surface area contributed by atoms with Gasteiger partial charge in [-0.1, -0.05) is 118 Å². The highest BCUT2D eigenvalue weighted by molar-refractivity contribution is 7.81. The van der Waals surface area contributed by atoms with Crippen molar-refractivity contribution in [2.45, 2.75) is 66.2 Å². The molecule has 0 aliphatic heterocycles. The molecule has 0 saturated heterocycles. The molecule has 1 fully saturated rings. The van der Waals surface area contributed by atoms with Crippen molar-refractivity contribution in [2.24, 2.45) is 5.41 Å². The summed E-state index contributed by atoms with van der Waals surface area (Å²) in [6, 6.07) is 17.3. The standard InChI is InChI=1S/C27H31NS.C10H12/c1-8-10-20(6)26(29)24-16-19(5)15-23(18(3)4)25(24)22(9-2)12-11-21(7)27(17-28)13-14-27;1-2-3-7-10-8-5-4-6-9-10/h8-12,15-16,18H,1,7,13-14H2,2-6H3;2,4-6,8-9H,1,3,7H2/b12-11-,20-10-,22-9+;. The summed E-state index contributed by atoms with van der Waals surface area (Å²) in [6.45, 7) is 22.3. The monoisotopic (exact) mass is 533 g/mol. The molecule has 3 rings (SSSR count). The van der Waals surface area contributed by atoms with Gasteiger partial charge in [0.1, 0.15) is 0 Å². The van der Waals surface area contributed by atoms with Crippen LogP contribution in [0.4, 0.5) is 0 Å². The van der Waals surface area contributed by atoms with E-state index < -0.39 is 0 Å². The van der Waals surface area contributed by atoms with Crippen molar-refractivity contribution in [3.63, 3.8) is 0 Å². The second-order valence-corrected chi connectivity index (χ2v) is 10.9. The molecule has 0 amide bonds. The number of hydrogen-bond acceptors (Lipinski definition) is 2. The molecule has 0 spiro atoms. The van der Waals surface area contributed by atoms with Gasteiger partial charge < -0.3 is 0 Å². The lowest BCUT2D eigenvalue weighted by Gasteiger charge is -2.21. The fraction of sp³-hybridized carbons (Fsp3) is 0.297. The van der Waals surface area contributed by atoms with Gasteiger partial charge in [0.15, 0.2) is 0 Å². The Morgan fingerprint density at radius 2 is 1.79 bits per heavy atom. The Hall–Kier alpha value is -3.54. The lowest BCUT2D eigenvalue weighted by molar-refractivity contribution is 0.833. The van der Waals surface area contributed by atoms with Gasteiger partial charge in [0.2, 0.25) is 0 Å². The third-order valence-corrected chi connectivity index (χ3v) is 7.57. The first-order chi connectivity index (χ1) is 18.6. The van der Waals surface area contributed by atoms with Crippen LogP contribution in [0, 0.1) is 23.7 Å². The zero-order chi connectivity index (χ0) is 29.0. The van der Waals surface area contributed by atoms with Crippen LogP contribution in [0.5, 0.6) is 0 Å². The summed E-state index contributed by atoms with van der Waals surface area (Å²) in [7, 11) is 0. The Kier molecular flexibility index (Phi) is 12.3. The first-order valence-corrected chi connectivity index (χ1v) is 14.1. The highest BCUT2D eigenvalue weighted by atomic mass is 32.1. The molecule has 1 aliphatic rings. The summed E-state index contributed by atoms with van der Waals surface area (Å²) < 4.78 is 0. The van der Waals surface area contributed by atoms with Crippen molar-refractivity contribution in [1.82, 2.24) is 0 Å². The van der Waals surface area contributed by atoms with E-state index in [2.05, 4.69) is 95.1 Å². The largest absolute Gasteiger partial charge is 0.197 e. The number of hydrogen-bond donors (Lipinski definition) is 0. The van der Waals surface area contributed by atoms with Gasteiger partial charge in [-0.15, -0.1) is 6.58 Å². The third-order valence-electron chi connectivity index (χ3n) is 7.03. The molecule has 0 unspecified atom stereocenters. The van der Waals surface area contributed by atoms with E-state index in [1.54, 1.807) is 6.08 Å². The number of aryl methyl sites for hydroxylation is 2. The van der Waals surface area contributed by atoms with E-state index in [4.69, 9.17) is 12.2 Å². The minimum atomic E-state index is -0.356. The number of rotatable bonds is 11. The minimum absolute atomic E-state index is 0.356. The smallest absolute Gasteiger partial charge is 0.0818 e. The van der Waals surface area contributed by atoms with Crippen molar-refractivity contribution in [2.75, 3.05) is 0 Å². The fourth-order valence-corrected chi connectivity index (χ4v) is 4.68. The van der Waals surface area contributed by atoms with Crippen molar-refractivity contribution in [3.05, 3.63) is 138 Å². The number of nitriles is 1. The lowest BCUT2D eigenvalue weighted by atomic mass is 9.84. The van der Waals surface area contributed by atoms with Gasteiger partial charge in [-0.3, -0.25) is 0 Å². The normalized spacial score (nSPS) is 14.3. The molecule has 0 bridgehead atoms. The molecule has 0 atom stereocenters. The molecule has 1 saturated carbocycles. The van der Waals surface area contributed by atoms with Crippen molar-refractivity contribution in [3.8, 4) is 6.07 Å². The Morgan fingerprint density at radius 1 is 1.13 bits per heavy atom. The molecule has 202 valence electrons. The summed E-state index contributed by atoms with van der Waals surface area (Å²) in [5.41, 5.74) is 8.78. The first kappa shape index (κ1) is 31.7. The molecule has 2 aromatic rings. The Labute approximate surface area is 242 Å². The topological polar surface area (TPSA) is 23.8 Å². The second kappa shape index (κ2) is 15.2. The molecule has 2 aromatic carbocycles. The number of benzene rings is 2. The average molecular weight is 534 g/mol. The van der Waals surface area contributed by atoms with E-state index in [0.717, 1.165) is 52.8 Å². The van der Waals surface area contributed by atoms with E-state index in [-0.39, 0.29) is 5.41 Å². The lowest BCUT2D eigenvalue weighted by Crippen LogP contribution is -2.08. The van der Waals surface area contributed by atoms with Crippen LogP contribution in [0.3, 0.4) is 0 Å². The van der Waals surface area contributed by atoms with Gasteiger partial charge in [0, 0.05) is 10.4 Å². The van der Waals surface area contributed by atoms with Gasteiger partial charge in [-0.05, 0) is 91.8 Å². The maximum atomic E-state index is 9.45. The molecule has 0 aromatic heterocycles. The van der Waals surface area contributed by atoms with Crippen LogP contribution < -0.4 is 0 Å². The van der Waals surface area contributed by atoms with Crippen LogP contribution in [0.1, 0.15) is 80.7 Å². The summed E-state index contributed by atoms with van der Waals surface area (Å²) in [4.78, 5) is 0.841. The first-order valence-electron chi connectivity index (χ1n) is 13.7. The van der Waals surface area contributed by atoms with Crippen molar-refractivity contribution in [1.29, 1.82) is 5.26 Å².